The predicted molar refractivity (Wildman–Crippen MR) is 78.0 cm³/mol. The molecule has 0 amide bonds. The standard InChI is InChI=1S/C15H24N4/c1-5-14(15-16-7-8-17-15)18-10-13-9-11(3)19(6-2)12(13)4/h7-9,14,18H,5-6,10H2,1-4H3,(H,16,17). The maximum atomic E-state index is 4.34. The molecule has 19 heavy (non-hydrogen) atoms. The van der Waals surface area contributed by atoms with Gasteiger partial charge in [-0.1, -0.05) is 6.92 Å². The number of aryl methyl sites for hydroxylation is 1. The summed E-state index contributed by atoms with van der Waals surface area (Å²) in [6.07, 6.45) is 4.71. The summed E-state index contributed by atoms with van der Waals surface area (Å²) in [7, 11) is 0. The van der Waals surface area contributed by atoms with E-state index < -0.39 is 0 Å². The molecular weight excluding hydrogens is 236 g/mol. The molecule has 1 atom stereocenters. The van der Waals surface area contributed by atoms with Crippen molar-refractivity contribution in [2.45, 2.75) is 53.2 Å². The van der Waals surface area contributed by atoms with E-state index in [1.807, 2.05) is 12.4 Å². The van der Waals surface area contributed by atoms with Crippen LogP contribution in [0.15, 0.2) is 18.5 Å². The number of H-pyrrole nitrogens is 1. The number of imidazole rings is 1. The molecule has 2 rings (SSSR count). The Morgan fingerprint density at radius 2 is 2.16 bits per heavy atom. The monoisotopic (exact) mass is 260 g/mol. The molecule has 4 nitrogen and oxygen atoms in total. The zero-order chi connectivity index (χ0) is 13.8. The van der Waals surface area contributed by atoms with Crippen LogP contribution in [0.4, 0.5) is 0 Å². The van der Waals surface area contributed by atoms with E-state index in [2.05, 4.69) is 53.6 Å². The molecule has 2 heterocycles. The topological polar surface area (TPSA) is 45.6 Å². The molecule has 0 fully saturated rings. The summed E-state index contributed by atoms with van der Waals surface area (Å²) in [5.74, 6) is 1.02. The zero-order valence-electron chi connectivity index (χ0n) is 12.3. The highest BCUT2D eigenvalue weighted by Crippen LogP contribution is 2.17. The summed E-state index contributed by atoms with van der Waals surface area (Å²) < 4.78 is 2.35. The van der Waals surface area contributed by atoms with Gasteiger partial charge in [-0.25, -0.2) is 4.98 Å². The van der Waals surface area contributed by atoms with Crippen LogP contribution >= 0.6 is 0 Å². The minimum Gasteiger partial charge on any atom is -0.349 e. The average Bonchev–Trinajstić information content (AvgIpc) is 3.00. The molecule has 0 aliphatic rings. The van der Waals surface area contributed by atoms with Crippen LogP contribution in [0.1, 0.15) is 49.1 Å². The molecule has 0 aliphatic heterocycles. The first kappa shape index (κ1) is 13.9. The minimum absolute atomic E-state index is 0.291. The van der Waals surface area contributed by atoms with E-state index >= 15 is 0 Å². The first-order chi connectivity index (χ1) is 9.17. The normalized spacial score (nSPS) is 12.8. The lowest BCUT2D eigenvalue weighted by molar-refractivity contribution is 0.496. The predicted octanol–water partition coefficient (Wildman–Crippen LogP) is 3.09. The molecule has 1 unspecified atom stereocenters. The van der Waals surface area contributed by atoms with Crippen molar-refractivity contribution in [1.82, 2.24) is 19.9 Å². The lowest BCUT2D eigenvalue weighted by atomic mass is 10.2. The largest absolute Gasteiger partial charge is 0.349 e. The van der Waals surface area contributed by atoms with Gasteiger partial charge < -0.3 is 14.9 Å². The summed E-state index contributed by atoms with van der Waals surface area (Å²) in [5.41, 5.74) is 4.08. The highest BCUT2D eigenvalue weighted by molar-refractivity contribution is 5.26. The number of nitrogens with zero attached hydrogens (tertiary/aromatic N) is 2. The Balaban J connectivity index is 2.06. The molecule has 2 aromatic heterocycles. The molecule has 0 bridgehead atoms. The first-order valence-corrected chi connectivity index (χ1v) is 7.05. The van der Waals surface area contributed by atoms with E-state index in [1.165, 1.54) is 17.0 Å². The molecule has 4 heteroatoms. The Morgan fingerprint density at radius 1 is 1.37 bits per heavy atom. The molecular formula is C15H24N4. The van der Waals surface area contributed by atoms with Crippen LogP contribution in [0.5, 0.6) is 0 Å². The Bertz CT molecular complexity index is 510. The van der Waals surface area contributed by atoms with Gasteiger partial charge in [-0.15, -0.1) is 0 Å². The molecule has 2 N–H and O–H groups in total. The second kappa shape index (κ2) is 6.06. The Hall–Kier alpha value is -1.55. The number of aromatic amines is 1. The van der Waals surface area contributed by atoms with Gasteiger partial charge in [0.1, 0.15) is 5.82 Å². The van der Waals surface area contributed by atoms with Crippen molar-refractivity contribution in [1.29, 1.82) is 0 Å². The van der Waals surface area contributed by atoms with Crippen LogP contribution in [-0.2, 0) is 13.1 Å². The average molecular weight is 260 g/mol. The van der Waals surface area contributed by atoms with Crippen LogP contribution in [-0.4, -0.2) is 14.5 Å². The highest BCUT2D eigenvalue weighted by atomic mass is 15.0. The smallest absolute Gasteiger partial charge is 0.123 e. The van der Waals surface area contributed by atoms with Crippen LogP contribution in [0.25, 0.3) is 0 Å². The van der Waals surface area contributed by atoms with E-state index in [9.17, 15) is 0 Å². The number of hydrogen-bond donors (Lipinski definition) is 2. The Kier molecular flexibility index (Phi) is 4.43. The summed E-state index contributed by atoms with van der Waals surface area (Å²) in [5, 5.41) is 3.59. The van der Waals surface area contributed by atoms with Gasteiger partial charge in [0.05, 0.1) is 6.04 Å². The number of nitrogens with one attached hydrogen (secondary N) is 2. The lowest BCUT2D eigenvalue weighted by Gasteiger charge is -2.14. The van der Waals surface area contributed by atoms with Gasteiger partial charge in [-0.05, 0) is 38.8 Å². The van der Waals surface area contributed by atoms with Gasteiger partial charge >= 0.3 is 0 Å². The minimum atomic E-state index is 0.291. The summed E-state index contributed by atoms with van der Waals surface area (Å²) in [6.45, 7) is 10.7. The summed E-state index contributed by atoms with van der Waals surface area (Å²) in [4.78, 5) is 7.53. The molecule has 0 saturated heterocycles. The molecule has 104 valence electrons. The fraction of sp³-hybridized carbons (Fsp3) is 0.533. The van der Waals surface area contributed by atoms with E-state index in [0.717, 1.165) is 25.3 Å². The third-order valence-electron chi connectivity index (χ3n) is 3.79. The number of rotatable bonds is 6. The fourth-order valence-electron chi connectivity index (χ4n) is 2.67. The van der Waals surface area contributed by atoms with E-state index in [1.54, 1.807) is 0 Å². The van der Waals surface area contributed by atoms with Gasteiger partial charge in [-0.2, -0.15) is 0 Å². The van der Waals surface area contributed by atoms with E-state index in [-0.39, 0.29) is 0 Å². The van der Waals surface area contributed by atoms with Gasteiger partial charge in [0.25, 0.3) is 0 Å². The maximum Gasteiger partial charge on any atom is 0.123 e. The lowest BCUT2D eigenvalue weighted by Crippen LogP contribution is -2.21. The van der Waals surface area contributed by atoms with Crippen LogP contribution < -0.4 is 5.32 Å². The van der Waals surface area contributed by atoms with E-state index in [4.69, 9.17) is 0 Å². The zero-order valence-corrected chi connectivity index (χ0v) is 12.3. The third kappa shape index (κ3) is 2.89. The van der Waals surface area contributed by atoms with Crippen molar-refractivity contribution in [2.75, 3.05) is 0 Å². The quantitative estimate of drug-likeness (QED) is 0.838. The second-order valence-electron chi connectivity index (χ2n) is 4.96. The van der Waals surface area contributed by atoms with Crippen LogP contribution in [0.2, 0.25) is 0 Å². The molecule has 2 aromatic rings. The van der Waals surface area contributed by atoms with Crippen molar-refractivity contribution in [3.63, 3.8) is 0 Å². The molecule has 0 aliphatic carbocycles. The Morgan fingerprint density at radius 3 is 2.68 bits per heavy atom. The van der Waals surface area contributed by atoms with Crippen molar-refractivity contribution < 1.29 is 0 Å². The molecule has 0 radical (unpaired) electrons. The van der Waals surface area contributed by atoms with Crippen molar-refractivity contribution in [3.8, 4) is 0 Å². The number of hydrogen-bond acceptors (Lipinski definition) is 2. The fourth-order valence-corrected chi connectivity index (χ4v) is 2.67. The first-order valence-electron chi connectivity index (χ1n) is 7.05. The SMILES string of the molecule is CCC(NCc1cc(C)n(CC)c1C)c1ncc[nH]1. The van der Waals surface area contributed by atoms with Crippen LogP contribution in [0, 0.1) is 13.8 Å². The van der Waals surface area contributed by atoms with Crippen molar-refractivity contribution >= 4 is 0 Å². The molecule has 0 saturated carbocycles. The highest BCUT2D eigenvalue weighted by Gasteiger charge is 2.13. The second-order valence-corrected chi connectivity index (χ2v) is 4.96. The number of aromatic nitrogens is 3. The van der Waals surface area contributed by atoms with Crippen molar-refractivity contribution in [2.24, 2.45) is 0 Å². The third-order valence-corrected chi connectivity index (χ3v) is 3.79. The Labute approximate surface area is 115 Å². The van der Waals surface area contributed by atoms with Gasteiger partial charge in [0.2, 0.25) is 0 Å². The molecule has 0 aromatic carbocycles. The van der Waals surface area contributed by atoms with Gasteiger partial charge in [-0.3, -0.25) is 0 Å². The summed E-state index contributed by atoms with van der Waals surface area (Å²) >= 11 is 0. The van der Waals surface area contributed by atoms with Gasteiger partial charge in [0, 0.05) is 36.9 Å². The van der Waals surface area contributed by atoms with E-state index in [0.29, 0.717) is 6.04 Å². The van der Waals surface area contributed by atoms with Crippen molar-refractivity contribution in [3.05, 3.63) is 41.2 Å². The van der Waals surface area contributed by atoms with Crippen LogP contribution in [0.3, 0.4) is 0 Å². The van der Waals surface area contributed by atoms with Gasteiger partial charge in [0.15, 0.2) is 0 Å². The summed E-state index contributed by atoms with van der Waals surface area (Å²) in [6, 6.07) is 2.57. The molecule has 0 spiro atoms. The maximum absolute atomic E-state index is 4.34.